The van der Waals surface area contributed by atoms with Crippen molar-refractivity contribution in [1.29, 1.82) is 0 Å². The molecule has 0 unspecified atom stereocenters. The van der Waals surface area contributed by atoms with E-state index in [1.165, 1.54) is 87.5 Å². The molecule has 8 aromatic carbocycles. The van der Waals surface area contributed by atoms with Gasteiger partial charge >= 0.3 is 0 Å². The lowest BCUT2D eigenvalue weighted by Gasteiger charge is -2.19. The van der Waals surface area contributed by atoms with E-state index >= 15 is 0 Å². The van der Waals surface area contributed by atoms with Crippen molar-refractivity contribution in [3.05, 3.63) is 169 Å². The molecule has 238 valence electrons. The Balaban J connectivity index is 1.28. The minimum absolute atomic E-state index is 0.133. The van der Waals surface area contributed by atoms with Crippen LogP contribution in [0.25, 0.3) is 87.7 Å². The van der Waals surface area contributed by atoms with Crippen LogP contribution in [-0.4, -0.2) is 9.13 Å². The van der Waals surface area contributed by atoms with E-state index in [1.807, 2.05) is 0 Å². The molecule has 0 saturated carbocycles. The quantitative estimate of drug-likeness (QED) is 0.182. The molecule has 0 aliphatic rings. The third kappa shape index (κ3) is 4.28. The minimum Gasteiger partial charge on any atom is -0.309 e. The number of hydrogen-bond acceptors (Lipinski definition) is 0. The van der Waals surface area contributed by atoms with Gasteiger partial charge in [-0.3, -0.25) is 0 Å². The number of nitrogens with zero attached hydrogens (tertiary/aromatic N) is 2. The zero-order chi connectivity index (χ0) is 33.6. The van der Waals surface area contributed by atoms with E-state index in [4.69, 9.17) is 0 Å². The first-order valence-corrected chi connectivity index (χ1v) is 17.5. The topological polar surface area (TPSA) is 9.86 Å². The van der Waals surface area contributed by atoms with Gasteiger partial charge in [-0.15, -0.1) is 0 Å². The summed E-state index contributed by atoms with van der Waals surface area (Å²) in [5, 5.41) is 10.0. The van der Waals surface area contributed by atoms with Gasteiger partial charge in [-0.25, -0.2) is 0 Å². The lowest BCUT2D eigenvalue weighted by atomic mass is 9.86. The molecule has 0 N–H and O–H groups in total. The Hall–Kier alpha value is -6.12. The number of fused-ring (bicyclic) bond motifs is 10. The zero-order valence-electron chi connectivity index (χ0n) is 28.5. The maximum atomic E-state index is 2.49. The fourth-order valence-electron chi connectivity index (χ4n) is 8.13. The summed E-state index contributed by atoms with van der Waals surface area (Å²) in [6.45, 7) is 6.80. The van der Waals surface area contributed by atoms with E-state index in [9.17, 15) is 0 Å². The van der Waals surface area contributed by atoms with Crippen molar-refractivity contribution >= 4 is 65.2 Å². The first kappa shape index (κ1) is 28.9. The van der Waals surface area contributed by atoms with Crippen molar-refractivity contribution in [2.24, 2.45) is 0 Å². The normalized spacial score (nSPS) is 12.3. The molecule has 10 rings (SSSR count). The first-order chi connectivity index (χ1) is 24.4. The summed E-state index contributed by atoms with van der Waals surface area (Å²) < 4.78 is 4.98. The van der Waals surface area contributed by atoms with Crippen LogP contribution < -0.4 is 0 Å². The highest BCUT2D eigenvalue weighted by Gasteiger charge is 2.22. The van der Waals surface area contributed by atoms with Crippen LogP contribution in [0.4, 0.5) is 0 Å². The van der Waals surface area contributed by atoms with Crippen LogP contribution in [0.15, 0.2) is 164 Å². The Kier molecular flexibility index (Phi) is 6.17. The molecule has 0 aliphatic heterocycles. The smallest absolute Gasteiger partial charge is 0.0641 e. The summed E-state index contributed by atoms with van der Waals surface area (Å²) in [5.41, 5.74) is 11.2. The largest absolute Gasteiger partial charge is 0.309 e. The summed E-state index contributed by atoms with van der Waals surface area (Å²) in [5.74, 6) is 0. The van der Waals surface area contributed by atoms with Crippen LogP contribution in [0, 0.1) is 0 Å². The summed E-state index contributed by atoms with van der Waals surface area (Å²) >= 11 is 0. The van der Waals surface area contributed by atoms with Crippen LogP contribution in [-0.2, 0) is 5.41 Å². The van der Waals surface area contributed by atoms with Gasteiger partial charge in [-0.05, 0) is 74.7 Å². The number of para-hydroxylation sites is 1. The molecular weight excluding hydrogens is 605 g/mol. The van der Waals surface area contributed by atoms with Crippen LogP contribution in [0.1, 0.15) is 26.3 Å². The second-order valence-electron chi connectivity index (χ2n) is 14.6. The van der Waals surface area contributed by atoms with Crippen LogP contribution in [0.2, 0.25) is 0 Å². The average Bonchev–Trinajstić information content (AvgIpc) is 3.68. The van der Waals surface area contributed by atoms with Crippen molar-refractivity contribution < 1.29 is 0 Å². The van der Waals surface area contributed by atoms with E-state index in [1.54, 1.807) is 0 Å². The number of aromatic nitrogens is 2. The lowest BCUT2D eigenvalue weighted by molar-refractivity contribution is 0.590. The van der Waals surface area contributed by atoms with Crippen molar-refractivity contribution in [2.45, 2.75) is 26.2 Å². The third-order valence-electron chi connectivity index (χ3n) is 10.7. The zero-order valence-corrected chi connectivity index (χ0v) is 28.5. The Morgan fingerprint density at radius 1 is 0.380 bits per heavy atom. The Labute approximate surface area is 291 Å². The van der Waals surface area contributed by atoms with Crippen molar-refractivity contribution in [1.82, 2.24) is 9.13 Å². The Bertz CT molecular complexity index is 2930. The van der Waals surface area contributed by atoms with E-state index in [0.29, 0.717) is 0 Å². The molecule has 2 heteroatoms. The second kappa shape index (κ2) is 10.7. The fourth-order valence-corrected chi connectivity index (χ4v) is 8.13. The molecule has 2 heterocycles. The number of benzene rings is 8. The molecule has 10 aromatic rings. The summed E-state index contributed by atoms with van der Waals surface area (Å²) in [6.07, 6.45) is 0. The van der Waals surface area contributed by atoms with Gasteiger partial charge in [0.05, 0.1) is 22.1 Å². The summed E-state index contributed by atoms with van der Waals surface area (Å²) in [6, 6.07) is 60.6. The maximum Gasteiger partial charge on any atom is 0.0641 e. The van der Waals surface area contributed by atoms with Gasteiger partial charge in [0.15, 0.2) is 0 Å². The monoisotopic (exact) mass is 640 g/mol. The molecular formula is C48H36N2. The highest BCUT2D eigenvalue weighted by atomic mass is 15.0. The molecule has 0 amide bonds. The molecule has 0 spiro atoms. The third-order valence-corrected chi connectivity index (χ3v) is 10.7. The summed E-state index contributed by atoms with van der Waals surface area (Å²) in [7, 11) is 0. The average molecular weight is 641 g/mol. The number of rotatable bonds is 3. The molecule has 0 radical (unpaired) electrons. The molecule has 2 nitrogen and oxygen atoms in total. The van der Waals surface area contributed by atoms with Gasteiger partial charge in [-0.2, -0.15) is 0 Å². The molecule has 0 atom stereocenters. The predicted molar refractivity (Wildman–Crippen MR) is 214 cm³/mol. The second-order valence-corrected chi connectivity index (χ2v) is 14.6. The Morgan fingerprint density at radius 3 is 1.72 bits per heavy atom. The van der Waals surface area contributed by atoms with Gasteiger partial charge in [-0.1, -0.05) is 148 Å². The lowest BCUT2D eigenvalue weighted by Crippen LogP contribution is -2.10. The number of hydrogen-bond donors (Lipinski definition) is 0. The molecule has 2 aromatic heterocycles. The van der Waals surface area contributed by atoms with Gasteiger partial charge in [0.2, 0.25) is 0 Å². The van der Waals surface area contributed by atoms with E-state index in [2.05, 4.69) is 194 Å². The van der Waals surface area contributed by atoms with Gasteiger partial charge in [0.25, 0.3) is 0 Å². The minimum atomic E-state index is 0.133. The first-order valence-electron chi connectivity index (χ1n) is 17.5. The van der Waals surface area contributed by atoms with Gasteiger partial charge in [0, 0.05) is 38.3 Å². The highest BCUT2D eigenvalue weighted by Crippen LogP contribution is 2.44. The van der Waals surface area contributed by atoms with Crippen LogP contribution in [0.5, 0.6) is 0 Å². The standard InChI is InChI=1S/C48H36N2/c1-48(2,3)36-22-16-32(17-23-36)33-18-24-37(25-19-33)49-43-15-9-8-14-40(43)41-28-29-44-45(47(41)49)42-27-21-34-11-6-7-13-39(34)46(42)50(44)38-26-20-31-10-4-5-12-35(31)30-38/h4-30H,1-3H3. The van der Waals surface area contributed by atoms with E-state index in [-0.39, 0.29) is 5.41 Å². The molecule has 0 saturated heterocycles. The van der Waals surface area contributed by atoms with E-state index in [0.717, 1.165) is 5.69 Å². The van der Waals surface area contributed by atoms with Gasteiger partial charge in [0.1, 0.15) is 0 Å². The predicted octanol–water partition coefficient (Wildman–Crippen LogP) is 13.2. The van der Waals surface area contributed by atoms with Crippen LogP contribution in [0.3, 0.4) is 0 Å². The van der Waals surface area contributed by atoms with Crippen LogP contribution >= 0.6 is 0 Å². The molecule has 50 heavy (non-hydrogen) atoms. The molecule has 0 bridgehead atoms. The highest BCUT2D eigenvalue weighted by molar-refractivity contribution is 6.29. The maximum absolute atomic E-state index is 2.49. The van der Waals surface area contributed by atoms with E-state index < -0.39 is 0 Å². The van der Waals surface area contributed by atoms with Crippen molar-refractivity contribution in [3.8, 4) is 22.5 Å². The Morgan fingerprint density at radius 2 is 0.960 bits per heavy atom. The fraction of sp³-hybridized carbons (Fsp3) is 0.0833. The molecule has 0 aliphatic carbocycles. The SMILES string of the molecule is CC(C)(C)c1ccc(-c2ccc(-n3c4ccccc4c4ccc5c(c6ccc7ccccc7c6n5-c5ccc6ccccc6c5)c43)cc2)cc1. The summed E-state index contributed by atoms with van der Waals surface area (Å²) in [4.78, 5) is 0. The molecule has 0 fully saturated rings. The van der Waals surface area contributed by atoms with Gasteiger partial charge < -0.3 is 9.13 Å². The van der Waals surface area contributed by atoms with Crippen molar-refractivity contribution in [2.75, 3.05) is 0 Å². The van der Waals surface area contributed by atoms with Crippen molar-refractivity contribution in [3.63, 3.8) is 0 Å².